The number of benzene rings is 2. The molecule has 0 saturated carbocycles. The summed E-state index contributed by atoms with van der Waals surface area (Å²) in [4.78, 5) is 26.7. The number of nitrogens with zero attached hydrogens (tertiary/aromatic N) is 1. The van der Waals surface area contributed by atoms with Crippen molar-refractivity contribution in [3.63, 3.8) is 0 Å². The zero-order chi connectivity index (χ0) is 21.1. The lowest BCUT2D eigenvalue weighted by atomic mass is 10.1. The number of hydrogen-bond donors (Lipinski definition) is 0. The molecule has 1 aliphatic heterocycles. The third kappa shape index (κ3) is 4.22. The van der Waals surface area contributed by atoms with Crippen molar-refractivity contribution < 1.29 is 23.8 Å². The zero-order valence-corrected chi connectivity index (χ0v) is 17.4. The van der Waals surface area contributed by atoms with E-state index in [-0.39, 0.29) is 23.3 Å². The Hall–Kier alpha value is -2.99. The van der Waals surface area contributed by atoms with E-state index in [2.05, 4.69) is 0 Å². The highest BCUT2D eigenvalue weighted by Crippen LogP contribution is 2.34. The Labute approximate surface area is 174 Å². The summed E-state index contributed by atoms with van der Waals surface area (Å²) < 4.78 is 16.1. The van der Waals surface area contributed by atoms with Gasteiger partial charge in [0.25, 0.3) is 11.8 Å². The fourth-order valence-electron chi connectivity index (χ4n) is 3.07. The van der Waals surface area contributed by atoms with Crippen molar-refractivity contribution in [2.45, 2.75) is 26.5 Å². The van der Waals surface area contributed by atoms with Gasteiger partial charge < -0.3 is 14.2 Å². The van der Waals surface area contributed by atoms with Gasteiger partial charge in [-0.1, -0.05) is 29.8 Å². The molecule has 0 fully saturated rings. The maximum atomic E-state index is 12.9. The smallest absolute Gasteiger partial charge is 0.273 e. The van der Waals surface area contributed by atoms with Crippen LogP contribution in [0.5, 0.6) is 17.2 Å². The highest BCUT2D eigenvalue weighted by molar-refractivity contribution is 6.55. The van der Waals surface area contributed by atoms with Gasteiger partial charge in [-0.05, 0) is 49.2 Å². The molecule has 0 aliphatic carbocycles. The second-order valence-corrected chi connectivity index (χ2v) is 7.14. The van der Waals surface area contributed by atoms with Crippen LogP contribution in [0.4, 0.5) is 0 Å². The van der Waals surface area contributed by atoms with Gasteiger partial charge in [0.05, 0.1) is 32.4 Å². The Morgan fingerprint density at radius 1 is 0.931 bits per heavy atom. The molecule has 0 spiro atoms. The Morgan fingerprint density at radius 2 is 1.59 bits per heavy atom. The van der Waals surface area contributed by atoms with Crippen LogP contribution in [0.25, 0.3) is 5.57 Å². The molecule has 3 rings (SSSR count). The predicted molar refractivity (Wildman–Crippen MR) is 110 cm³/mol. The van der Waals surface area contributed by atoms with Gasteiger partial charge in [-0.3, -0.25) is 14.5 Å². The second kappa shape index (κ2) is 8.57. The summed E-state index contributed by atoms with van der Waals surface area (Å²) >= 11 is 6.24. The number of ether oxygens (including phenoxy) is 3. The van der Waals surface area contributed by atoms with E-state index in [0.717, 1.165) is 10.5 Å². The number of carbonyl (C=O) groups excluding carboxylic acids is 2. The van der Waals surface area contributed by atoms with E-state index in [4.69, 9.17) is 25.8 Å². The van der Waals surface area contributed by atoms with Crippen molar-refractivity contribution in [2.24, 2.45) is 0 Å². The van der Waals surface area contributed by atoms with Crippen molar-refractivity contribution in [1.82, 2.24) is 4.90 Å². The first-order valence-corrected chi connectivity index (χ1v) is 9.47. The van der Waals surface area contributed by atoms with Gasteiger partial charge in [-0.25, -0.2) is 0 Å². The molecule has 29 heavy (non-hydrogen) atoms. The van der Waals surface area contributed by atoms with Crippen LogP contribution in [0.1, 0.15) is 25.0 Å². The number of rotatable bonds is 7. The third-order valence-corrected chi connectivity index (χ3v) is 4.77. The van der Waals surface area contributed by atoms with E-state index in [1.807, 2.05) is 13.8 Å². The largest absolute Gasteiger partial charge is 0.493 e. The summed E-state index contributed by atoms with van der Waals surface area (Å²) in [5.41, 5.74) is 1.48. The van der Waals surface area contributed by atoms with Crippen LogP contribution in [-0.2, 0) is 16.1 Å². The Morgan fingerprint density at radius 3 is 2.17 bits per heavy atom. The van der Waals surface area contributed by atoms with Crippen LogP contribution in [0.15, 0.2) is 47.5 Å². The first kappa shape index (κ1) is 20.7. The zero-order valence-electron chi connectivity index (χ0n) is 16.7. The Balaban J connectivity index is 1.83. The van der Waals surface area contributed by atoms with E-state index in [1.54, 1.807) is 49.6 Å². The quantitative estimate of drug-likeness (QED) is 0.639. The monoisotopic (exact) mass is 415 g/mol. The number of halogens is 1. The average Bonchev–Trinajstić information content (AvgIpc) is 2.91. The topological polar surface area (TPSA) is 65.1 Å². The fraction of sp³-hybridized carbons (Fsp3) is 0.273. The van der Waals surface area contributed by atoms with Crippen LogP contribution in [0, 0.1) is 0 Å². The third-order valence-electron chi connectivity index (χ3n) is 4.41. The molecule has 0 N–H and O–H groups in total. The first-order chi connectivity index (χ1) is 13.8. The summed E-state index contributed by atoms with van der Waals surface area (Å²) in [6, 6.07) is 12.2. The van der Waals surface area contributed by atoms with Crippen LogP contribution < -0.4 is 14.2 Å². The van der Waals surface area contributed by atoms with Gasteiger partial charge in [-0.2, -0.15) is 0 Å². The molecule has 6 nitrogen and oxygen atoms in total. The molecule has 0 aromatic heterocycles. The number of hydrogen-bond acceptors (Lipinski definition) is 5. The minimum absolute atomic E-state index is 0.0373. The Kier molecular flexibility index (Phi) is 6.13. The molecule has 0 atom stereocenters. The van der Waals surface area contributed by atoms with Crippen LogP contribution in [0.3, 0.4) is 0 Å². The van der Waals surface area contributed by atoms with Gasteiger partial charge >= 0.3 is 0 Å². The molecule has 2 amide bonds. The van der Waals surface area contributed by atoms with E-state index in [0.29, 0.717) is 22.8 Å². The summed E-state index contributed by atoms with van der Waals surface area (Å²) in [6.07, 6.45) is 0.0373. The molecule has 0 bridgehead atoms. The normalized spacial score (nSPS) is 14.1. The van der Waals surface area contributed by atoms with Crippen molar-refractivity contribution in [3.8, 4) is 17.2 Å². The van der Waals surface area contributed by atoms with Crippen molar-refractivity contribution in [1.29, 1.82) is 0 Å². The molecule has 0 radical (unpaired) electrons. The molecular weight excluding hydrogens is 394 g/mol. The Bertz CT molecular complexity index is 966. The molecule has 0 saturated heterocycles. The van der Waals surface area contributed by atoms with Gasteiger partial charge in [0.15, 0.2) is 11.5 Å². The number of carbonyl (C=O) groups is 2. The van der Waals surface area contributed by atoms with E-state index in [9.17, 15) is 9.59 Å². The number of methoxy groups -OCH3 is 2. The van der Waals surface area contributed by atoms with Gasteiger partial charge in [0.2, 0.25) is 0 Å². The maximum absolute atomic E-state index is 12.9. The van der Waals surface area contributed by atoms with E-state index in [1.165, 1.54) is 7.11 Å². The highest BCUT2D eigenvalue weighted by Gasteiger charge is 2.38. The lowest BCUT2D eigenvalue weighted by molar-refractivity contribution is -0.137. The molecule has 152 valence electrons. The molecule has 1 aliphatic rings. The molecule has 2 aromatic carbocycles. The van der Waals surface area contributed by atoms with Crippen LogP contribution in [-0.4, -0.2) is 37.0 Å². The van der Waals surface area contributed by atoms with Gasteiger partial charge in [0, 0.05) is 0 Å². The molecular formula is C22H22ClNO5. The minimum atomic E-state index is -0.524. The van der Waals surface area contributed by atoms with Crippen LogP contribution >= 0.6 is 11.6 Å². The van der Waals surface area contributed by atoms with E-state index < -0.39 is 11.8 Å². The summed E-state index contributed by atoms with van der Waals surface area (Å²) in [7, 11) is 3.06. The van der Waals surface area contributed by atoms with E-state index >= 15 is 0 Å². The maximum Gasteiger partial charge on any atom is 0.273 e. The molecule has 7 heteroatoms. The first-order valence-electron chi connectivity index (χ1n) is 9.09. The van der Waals surface area contributed by atoms with Gasteiger partial charge in [0.1, 0.15) is 10.8 Å². The summed E-state index contributed by atoms with van der Waals surface area (Å²) in [6.45, 7) is 3.93. The lowest BCUT2D eigenvalue weighted by Gasteiger charge is -2.16. The van der Waals surface area contributed by atoms with Gasteiger partial charge in [-0.15, -0.1) is 0 Å². The van der Waals surface area contributed by atoms with Crippen molar-refractivity contribution in [2.75, 3.05) is 14.2 Å². The summed E-state index contributed by atoms with van der Waals surface area (Å²) in [5.74, 6) is 0.802. The lowest BCUT2D eigenvalue weighted by Crippen LogP contribution is -2.30. The predicted octanol–water partition coefficient (Wildman–Crippen LogP) is 4.01. The standard InChI is InChI=1S/C22H22ClNO5/c1-13(2)29-16-8-6-15(7-9-16)19-20(23)22(26)24(21(19)25)12-14-5-10-17(27-3)18(11-14)28-4/h5-11,13H,12H2,1-4H3. The van der Waals surface area contributed by atoms with Crippen molar-refractivity contribution >= 4 is 29.0 Å². The fourth-order valence-corrected chi connectivity index (χ4v) is 3.37. The molecule has 1 heterocycles. The van der Waals surface area contributed by atoms with Crippen LogP contribution in [0.2, 0.25) is 0 Å². The SMILES string of the molecule is COc1ccc(CN2C(=O)C(Cl)=C(c3ccc(OC(C)C)cc3)C2=O)cc1OC. The van der Waals surface area contributed by atoms with Crippen molar-refractivity contribution in [3.05, 3.63) is 58.6 Å². The average molecular weight is 416 g/mol. The molecule has 0 unspecified atom stereocenters. The number of amides is 2. The molecule has 2 aromatic rings. The summed E-state index contributed by atoms with van der Waals surface area (Å²) in [5, 5.41) is -0.0898. The second-order valence-electron chi connectivity index (χ2n) is 6.77. The highest BCUT2D eigenvalue weighted by atomic mass is 35.5. The number of imide groups is 1. The minimum Gasteiger partial charge on any atom is -0.493 e.